The van der Waals surface area contributed by atoms with E-state index < -0.39 is 8.07 Å². The maximum atomic E-state index is 4.76. The molecule has 2 aromatic rings. The molecule has 2 rings (SSSR count). The van der Waals surface area contributed by atoms with Crippen LogP contribution in [0.2, 0.25) is 13.1 Å². The van der Waals surface area contributed by atoms with Crippen LogP contribution in [0.1, 0.15) is 5.56 Å². The molecule has 0 bridgehead atoms. The van der Waals surface area contributed by atoms with Gasteiger partial charge in [-0.1, -0.05) is 78.9 Å². The van der Waals surface area contributed by atoms with Gasteiger partial charge in [-0.2, -0.15) is 12.6 Å². The number of thiol groups is 1. The summed E-state index contributed by atoms with van der Waals surface area (Å²) in [4.78, 5) is 0. The lowest BCUT2D eigenvalue weighted by Gasteiger charge is -2.23. The zero-order valence-electron chi connectivity index (χ0n) is 10.8. The van der Waals surface area contributed by atoms with Gasteiger partial charge in [0.25, 0.3) is 0 Å². The molecule has 0 fully saturated rings. The summed E-state index contributed by atoms with van der Waals surface area (Å²) in [6.45, 7) is 4.67. The Hall–Kier alpha value is -1.25. The van der Waals surface area contributed by atoms with Gasteiger partial charge in [-0.25, -0.2) is 0 Å². The molecule has 2 heteroatoms. The van der Waals surface area contributed by atoms with E-state index in [1.807, 2.05) is 6.07 Å². The molecular formula is C16H18SSi. The molecule has 0 aliphatic rings. The predicted octanol–water partition coefficient (Wildman–Crippen LogP) is 4.11. The standard InChI is InChI=1S/C16H18SSi/c1-18(2,15-11-7-4-8-12-15)16(17)13-14-9-5-3-6-10-14/h3-13,17H,1-2H3/b16-13+. The van der Waals surface area contributed by atoms with Crippen LogP contribution < -0.4 is 5.19 Å². The van der Waals surface area contributed by atoms with Crippen LogP contribution in [-0.2, 0) is 0 Å². The lowest BCUT2D eigenvalue weighted by atomic mass is 10.2. The average molecular weight is 270 g/mol. The molecule has 0 radical (unpaired) electrons. The maximum Gasteiger partial charge on any atom is 0.119 e. The Morgan fingerprint density at radius 3 is 1.94 bits per heavy atom. The summed E-state index contributed by atoms with van der Waals surface area (Å²) in [5.41, 5.74) is 1.22. The van der Waals surface area contributed by atoms with Crippen molar-refractivity contribution in [2.75, 3.05) is 0 Å². The lowest BCUT2D eigenvalue weighted by Crippen LogP contribution is -2.42. The summed E-state index contributed by atoms with van der Waals surface area (Å²) in [5, 5.41) is 1.42. The quantitative estimate of drug-likeness (QED) is 0.630. The first kappa shape index (κ1) is 13.2. The fourth-order valence-electron chi connectivity index (χ4n) is 1.89. The van der Waals surface area contributed by atoms with Crippen molar-refractivity contribution in [1.82, 2.24) is 0 Å². The van der Waals surface area contributed by atoms with Crippen LogP contribution in [0.25, 0.3) is 6.08 Å². The van der Waals surface area contributed by atoms with E-state index >= 15 is 0 Å². The predicted molar refractivity (Wildman–Crippen MR) is 87.0 cm³/mol. The largest absolute Gasteiger partial charge is 0.152 e. The molecule has 2 aromatic carbocycles. The first-order valence-electron chi connectivity index (χ1n) is 6.12. The van der Waals surface area contributed by atoms with E-state index in [0.717, 1.165) is 0 Å². The minimum Gasteiger partial charge on any atom is -0.152 e. The Morgan fingerprint density at radius 1 is 0.889 bits per heavy atom. The minimum atomic E-state index is -1.64. The first-order valence-corrected chi connectivity index (χ1v) is 9.57. The van der Waals surface area contributed by atoms with Gasteiger partial charge >= 0.3 is 0 Å². The van der Waals surface area contributed by atoms with Crippen molar-refractivity contribution in [3.05, 3.63) is 70.8 Å². The van der Waals surface area contributed by atoms with E-state index in [1.54, 1.807) is 0 Å². The van der Waals surface area contributed by atoms with Crippen LogP contribution in [0.15, 0.2) is 65.2 Å². The van der Waals surface area contributed by atoms with Gasteiger partial charge in [-0.15, -0.1) is 0 Å². The molecule has 0 aliphatic carbocycles. The van der Waals surface area contributed by atoms with Crippen LogP contribution in [0.3, 0.4) is 0 Å². The van der Waals surface area contributed by atoms with Crippen molar-refractivity contribution in [3.63, 3.8) is 0 Å². The highest BCUT2D eigenvalue weighted by Crippen LogP contribution is 2.21. The highest BCUT2D eigenvalue weighted by atomic mass is 32.1. The van der Waals surface area contributed by atoms with Crippen LogP contribution in [0.4, 0.5) is 0 Å². The second-order valence-electron chi connectivity index (χ2n) is 4.93. The third kappa shape index (κ3) is 2.95. The van der Waals surface area contributed by atoms with Gasteiger partial charge in [0.2, 0.25) is 0 Å². The normalized spacial score (nSPS) is 12.5. The molecule has 0 nitrogen and oxygen atoms in total. The molecule has 0 spiro atoms. The first-order chi connectivity index (χ1) is 8.60. The van der Waals surface area contributed by atoms with Crippen molar-refractivity contribution >= 4 is 32.0 Å². The van der Waals surface area contributed by atoms with E-state index in [4.69, 9.17) is 12.6 Å². The SMILES string of the molecule is C[Si](C)(/C(S)=C/c1ccccc1)c1ccccc1. The molecule has 92 valence electrons. The molecule has 0 atom stereocenters. The number of hydrogen-bond donors (Lipinski definition) is 1. The van der Waals surface area contributed by atoms with Gasteiger partial charge in [0, 0.05) is 0 Å². The van der Waals surface area contributed by atoms with E-state index in [2.05, 4.69) is 73.8 Å². The third-order valence-electron chi connectivity index (χ3n) is 3.24. The zero-order valence-corrected chi connectivity index (χ0v) is 12.7. The molecular weight excluding hydrogens is 252 g/mol. The Bertz CT molecular complexity index is 530. The van der Waals surface area contributed by atoms with E-state index in [-0.39, 0.29) is 0 Å². The van der Waals surface area contributed by atoms with E-state index in [9.17, 15) is 0 Å². The topological polar surface area (TPSA) is 0 Å². The third-order valence-corrected chi connectivity index (χ3v) is 8.25. The minimum absolute atomic E-state index is 1.21. The monoisotopic (exact) mass is 270 g/mol. The molecule has 0 saturated heterocycles. The molecule has 0 aliphatic heterocycles. The summed E-state index contributed by atoms with van der Waals surface area (Å²) in [6, 6.07) is 21.1. The number of benzene rings is 2. The summed E-state index contributed by atoms with van der Waals surface area (Å²) in [6.07, 6.45) is 2.20. The van der Waals surface area contributed by atoms with Gasteiger partial charge in [0.05, 0.1) is 0 Å². The van der Waals surface area contributed by atoms with Gasteiger partial charge in [0.1, 0.15) is 8.07 Å². The van der Waals surface area contributed by atoms with Gasteiger partial charge in [-0.3, -0.25) is 0 Å². The second kappa shape index (κ2) is 5.59. The highest BCUT2D eigenvalue weighted by molar-refractivity contribution is 7.88. The Balaban J connectivity index is 2.33. The summed E-state index contributed by atoms with van der Waals surface area (Å²) in [7, 11) is -1.64. The molecule has 0 saturated carbocycles. The molecule has 18 heavy (non-hydrogen) atoms. The van der Waals surface area contributed by atoms with Crippen molar-refractivity contribution in [2.24, 2.45) is 0 Å². The fraction of sp³-hybridized carbons (Fsp3) is 0.125. The van der Waals surface area contributed by atoms with Crippen LogP contribution in [0.5, 0.6) is 0 Å². The zero-order chi connectivity index (χ0) is 13.0. The van der Waals surface area contributed by atoms with Gasteiger partial charge in [-0.05, 0) is 16.2 Å². The Labute approximate surface area is 116 Å². The lowest BCUT2D eigenvalue weighted by molar-refractivity contribution is 1.65. The van der Waals surface area contributed by atoms with E-state index in [1.165, 1.54) is 15.3 Å². The highest BCUT2D eigenvalue weighted by Gasteiger charge is 2.25. The molecule has 0 N–H and O–H groups in total. The van der Waals surface area contributed by atoms with Gasteiger partial charge < -0.3 is 0 Å². The van der Waals surface area contributed by atoms with Crippen molar-refractivity contribution in [3.8, 4) is 0 Å². The second-order valence-corrected chi connectivity index (χ2v) is 10.2. The summed E-state index contributed by atoms with van der Waals surface area (Å²) < 4.78 is 1.21. The van der Waals surface area contributed by atoms with Gasteiger partial charge in [0.15, 0.2) is 0 Å². The van der Waals surface area contributed by atoms with Crippen LogP contribution >= 0.6 is 12.6 Å². The molecule has 0 unspecified atom stereocenters. The fourth-order valence-corrected chi connectivity index (χ4v) is 4.28. The van der Waals surface area contributed by atoms with Crippen LogP contribution in [0, 0.1) is 0 Å². The molecule has 0 amide bonds. The van der Waals surface area contributed by atoms with Crippen molar-refractivity contribution in [2.45, 2.75) is 13.1 Å². The average Bonchev–Trinajstić information content (AvgIpc) is 2.41. The van der Waals surface area contributed by atoms with Crippen LogP contribution in [-0.4, -0.2) is 8.07 Å². The smallest absolute Gasteiger partial charge is 0.119 e. The maximum absolute atomic E-state index is 4.76. The molecule has 0 aromatic heterocycles. The number of hydrogen-bond acceptors (Lipinski definition) is 1. The van der Waals surface area contributed by atoms with Crippen molar-refractivity contribution < 1.29 is 0 Å². The Kier molecular flexibility index (Phi) is 4.10. The number of rotatable bonds is 3. The van der Waals surface area contributed by atoms with E-state index in [0.29, 0.717) is 0 Å². The Morgan fingerprint density at radius 2 is 1.39 bits per heavy atom. The molecule has 0 heterocycles. The summed E-state index contributed by atoms with van der Waals surface area (Å²) >= 11 is 4.76. The summed E-state index contributed by atoms with van der Waals surface area (Å²) in [5.74, 6) is 0. The van der Waals surface area contributed by atoms with Crippen molar-refractivity contribution in [1.29, 1.82) is 0 Å².